The quantitative estimate of drug-likeness (QED) is 0.290. The molecule has 0 heterocycles. The van der Waals surface area contributed by atoms with Crippen molar-refractivity contribution >= 4 is 0 Å². The van der Waals surface area contributed by atoms with Gasteiger partial charge in [-0.05, 0) is 0 Å². The van der Waals surface area contributed by atoms with Crippen LogP contribution in [-0.2, 0) is 9.88 Å². The molecule has 0 fully saturated rings. The molecule has 4 nitrogen and oxygen atoms in total. The minimum atomic E-state index is 0.795. The average molecular weight is 106 g/mol. The van der Waals surface area contributed by atoms with Gasteiger partial charge in [0.05, 0.1) is 7.11 Å². The Morgan fingerprint density at radius 3 is 2.71 bits per heavy atom. The number of hydrogen-bond donors (Lipinski definition) is 2. The molecule has 0 rings (SSSR count). The van der Waals surface area contributed by atoms with Gasteiger partial charge in [0, 0.05) is 6.54 Å². The summed E-state index contributed by atoms with van der Waals surface area (Å²) in [6.45, 7) is 2.73. The molecular weight excluding hydrogens is 96.0 g/mol. The molecule has 0 unspecified atom stereocenters. The van der Waals surface area contributed by atoms with Gasteiger partial charge in [-0.2, -0.15) is 0 Å². The molecule has 2 N–H and O–H groups in total. The zero-order chi connectivity index (χ0) is 5.54. The normalized spacial score (nSPS) is 9.43. The van der Waals surface area contributed by atoms with E-state index < -0.39 is 0 Å². The van der Waals surface area contributed by atoms with Crippen LogP contribution in [-0.4, -0.2) is 13.7 Å². The first-order chi connectivity index (χ1) is 3.41. The van der Waals surface area contributed by atoms with Crippen LogP contribution in [0, 0.1) is 0 Å². The van der Waals surface area contributed by atoms with Crippen LogP contribution < -0.4 is 11.0 Å². The molecule has 7 heavy (non-hydrogen) atoms. The van der Waals surface area contributed by atoms with E-state index >= 15 is 0 Å². The maximum atomic E-state index is 4.21. The lowest BCUT2D eigenvalue weighted by atomic mass is 10.8. The van der Waals surface area contributed by atoms with Gasteiger partial charge in [0.2, 0.25) is 0 Å². The highest BCUT2D eigenvalue weighted by Crippen LogP contribution is 1.56. The number of rotatable bonds is 4. The Morgan fingerprint density at radius 1 is 1.57 bits per heavy atom. The highest BCUT2D eigenvalue weighted by Gasteiger charge is 1.73. The lowest BCUT2D eigenvalue weighted by Crippen LogP contribution is -2.30. The van der Waals surface area contributed by atoms with Gasteiger partial charge in [0.1, 0.15) is 0 Å². The van der Waals surface area contributed by atoms with Crippen molar-refractivity contribution in [2.24, 2.45) is 0 Å². The summed E-state index contributed by atoms with van der Waals surface area (Å²) in [6.07, 6.45) is 0. The Kier molecular flexibility index (Phi) is 5.71. The molecule has 44 valence electrons. The Morgan fingerprint density at radius 2 is 2.29 bits per heavy atom. The molecule has 0 aromatic heterocycles. The van der Waals surface area contributed by atoms with Gasteiger partial charge in [-0.3, -0.25) is 0 Å². The third-order valence-corrected chi connectivity index (χ3v) is 0.374. The van der Waals surface area contributed by atoms with Crippen molar-refractivity contribution in [3.8, 4) is 0 Å². The Hall–Kier alpha value is -0.160. The fraction of sp³-hybridized carbons (Fsp3) is 1.00. The van der Waals surface area contributed by atoms with Gasteiger partial charge >= 0.3 is 0 Å². The van der Waals surface area contributed by atoms with E-state index in [0.717, 1.165) is 6.54 Å². The standard InChI is InChI=1S/C3H10N2O2/c1-3-4-5-7-6-2/h4-5H,3H2,1-2H3. The lowest BCUT2D eigenvalue weighted by Gasteiger charge is -1.98. The number of nitrogens with one attached hydrogen (secondary N) is 2. The molecule has 4 heteroatoms. The summed E-state index contributed by atoms with van der Waals surface area (Å²) in [5, 5.41) is 0. The van der Waals surface area contributed by atoms with Gasteiger partial charge in [-0.1, -0.05) is 6.92 Å². The molecule has 0 aromatic rings. The van der Waals surface area contributed by atoms with E-state index in [4.69, 9.17) is 0 Å². The minimum absolute atomic E-state index is 0.795. The summed E-state index contributed by atoms with van der Waals surface area (Å²) in [4.78, 5) is 8.38. The highest BCUT2D eigenvalue weighted by atomic mass is 17.3. The van der Waals surface area contributed by atoms with Crippen LogP contribution in [0.4, 0.5) is 0 Å². The minimum Gasteiger partial charge on any atom is -0.232 e. The van der Waals surface area contributed by atoms with Crippen molar-refractivity contribution in [2.45, 2.75) is 6.92 Å². The molecule has 0 saturated carbocycles. The molecule has 0 saturated heterocycles. The van der Waals surface area contributed by atoms with Gasteiger partial charge < -0.3 is 0 Å². The third kappa shape index (κ3) is 5.84. The van der Waals surface area contributed by atoms with E-state index in [2.05, 4.69) is 20.9 Å². The van der Waals surface area contributed by atoms with E-state index in [1.54, 1.807) is 0 Å². The van der Waals surface area contributed by atoms with Crippen LogP contribution in [0.2, 0.25) is 0 Å². The summed E-state index contributed by atoms with van der Waals surface area (Å²) in [6, 6.07) is 0. The van der Waals surface area contributed by atoms with Crippen molar-refractivity contribution in [3.63, 3.8) is 0 Å². The molecule has 0 aromatic carbocycles. The topological polar surface area (TPSA) is 42.5 Å². The van der Waals surface area contributed by atoms with Gasteiger partial charge in [0.15, 0.2) is 0 Å². The second-order valence-corrected chi connectivity index (χ2v) is 0.882. The predicted octanol–water partition coefficient (Wildman–Crippen LogP) is -0.407. The largest absolute Gasteiger partial charge is 0.232 e. The average Bonchev–Trinajstić information content (AvgIpc) is 1.69. The zero-order valence-corrected chi connectivity index (χ0v) is 4.52. The predicted molar refractivity (Wildman–Crippen MR) is 24.9 cm³/mol. The molecule has 0 aliphatic carbocycles. The molecule has 0 bridgehead atoms. The van der Waals surface area contributed by atoms with E-state index in [-0.39, 0.29) is 0 Å². The molecule has 0 amide bonds. The Labute approximate surface area is 42.6 Å². The van der Waals surface area contributed by atoms with Crippen molar-refractivity contribution in [1.82, 2.24) is 11.0 Å². The Bertz CT molecular complexity index is 30.1. The zero-order valence-electron chi connectivity index (χ0n) is 4.52. The Balaban J connectivity index is 2.45. The number of hydrogen-bond acceptors (Lipinski definition) is 4. The molecular formula is C3H10N2O2. The third-order valence-electron chi connectivity index (χ3n) is 0.374. The monoisotopic (exact) mass is 106 g/mol. The summed E-state index contributed by atoms with van der Waals surface area (Å²) >= 11 is 0. The van der Waals surface area contributed by atoms with Crippen LogP contribution in [0.5, 0.6) is 0 Å². The molecule has 0 atom stereocenters. The van der Waals surface area contributed by atoms with Crippen molar-refractivity contribution in [3.05, 3.63) is 0 Å². The highest BCUT2D eigenvalue weighted by molar-refractivity contribution is 4.13. The lowest BCUT2D eigenvalue weighted by molar-refractivity contribution is -0.326. The second kappa shape index (κ2) is 5.84. The first-order valence-corrected chi connectivity index (χ1v) is 2.09. The fourth-order valence-corrected chi connectivity index (χ4v) is 0.143. The molecule has 0 aliphatic heterocycles. The van der Waals surface area contributed by atoms with Crippen LogP contribution in [0.15, 0.2) is 0 Å². The molecule has 0 aliphatic rings. The molecule has 0 radical (unpaired) electrons. The number of hydrazine groups is 1. The van der Waals surface area contributed by atoms with Crippen LogP contribution in [0.3, 0.4) is 0 Å². The summed E-state index contributed by atoms with van der Waals surface area (Å²) < 4.78 is 0. The van der Waals surface area contributed by atoms with Gasteiger partial charge in [-0.15, -0.1) is 10.6 Å². The van der Waals surface area contributed by atoms with Crippen LogP contribution in [0.1, 0.15) is 6.92 Å². The SMILES string of the molecule is CCNNOOC. The second-order valence-electron chi connectivity index (χ2n) is 0.882. The fourth-order valence-electron chi connectivity index (χ4n) is 0.143. The van der Waals surface area contributed by atoms with Crippen molar-refractivity contribution in [2.75, 3.05) is 13.7 Å². The molecule has 0 spiro atoms. The van der Waals surface area contributed by atoms with Gasteiger partial charge in [0.25, 0.3) is 0 Å². The van der Waals surface area contributed by atoms with Crippen molar-refractivity contribution < 1.29 is 9.88 Å². The maximum Gasteiger partial charge on any atom is 0.0733 e. The first-order valence-electron chi connectivity index (χ1n) is 2.09. The van der Waals surface area contributed by atoms with Crippen LogP contribution in [0.25, 0.3) is 0 Å². The van der Waals surface area contributed by atoms with E-state index in [9.17, 15) is 0 Å². The van der Waals surface area contributed by atoms with Crippen molar-refractivity contribution in [1.29, 1.82) is 0 Å². The van der Waals surface area contributed by atoms with E-state index in [1.165, 1.54) is 7.11 Å². The first kappa shape index (κ1) is 6.84. The smallest absolute Gasteiger partial charge is 0.0733 e. The van der Waals surface area contributed by atoms with E-state index in [0.29, 0.717) is 0 Å². The van der Waals surface area contributed by atoms with Gasteiger partial charge in [-0.25, -0.2) is 10.3 Å². The summed E-state index contributed by atoms with van der Waals surface area (Å²) in [5.74, 6) is 0. The summed E-state index contributed by atoms with van der Waals surface area (Å²) in [5.41, 5.74) is 4.96. The van der Waals surface area contributed by atoms with Crippen LogP contribution >= 0.6 is 0 Å². The summed E-state index contributed by atoms with van der Waals surface area (Å²) in [7, 11) is 1.42. The maximum absolute atomic E-state index is 4.21. The van der Waals surface area contributed by atoms with E-state index in [1.807, 2.05) is 6.92 Å².